The van der Waals surface area contributed by atoms with Crippen LogP contribution in [0.4, 0.5) is 0 Å². The normalized spacial score (nSPS) is 18.4. The van der Waals surface area contributed by atoms with Crippen LogP contribution >= 0.6 is 12.7 Å². The Bertz CT molecular complexity index is 372. The van der Waals surface area contributed by atoms with Crippen molar-refractivity contribution < 1.29 is 0 Å². The standard InChI is InChI=1S/C12H28N4P2S2/c1-3-5-7-11-17(13,19)15-9-10-16-18(14,20)12-8-6-4-2/h9-10H,3-8,11-12H2,1-2H3,(H2,13,19)(H2,14,20). The van der Waals surface area contributed by atoms with E-state index in [9.17, 15) is 0 Å². The summed E-state index contributed by atoms with van der Waals surface area (Å²) in [5.41, 5.74) is 12.0. The SMILES string of the molecule is CCCCCP(N)(=S)N=CC=NP(N)(=S)CCCCC. The van der Waals surface area contributed by atoms with Gasteiger partial charge in [-0.25, -0.2) is 9.53 Å². The lowest BCUT2D eigenvalue weighted by molar-refractivity contribution is 0.775. The summed E-state index contributed by atoms with van der Waals surface area (Å²) in [6.45, 7) is 4.31. The fraction of sp³-hybridized carbons (Fsp3) is 0.833. The van der Waals surface area contributed by atoms with Crippen molar-refractivity contribution in [1.29, 1.82) is 0 Å². The number of nitrogens with zero attached hydrogens (tertiary/aromatic N) is 2. The summed E-state index contributed by atoms with van der Waals surface area (Å²) >= 11 is 10.7. The Morgan fingerprint density at radius 1 is 0.800 bits per heavy atom. The van der Waals surface area contributed by atoms with E-state index in [1.165, 1.54) is 0 Å². The van der Waals surface area contributed by atoms with Crippen LogP contribution in [0.5, 0.6) is 0 Å². The topological polar surface area (TPSA) is 76.8 Å². The Balaban J connectivity index is 4.23. The lowest BCUT2D eigenvalue weighted by Gasteiger charge is -2.11. The summed E-state index contributed by atoms with van der Waals surface area (Å²) in [5, 5.41) is 0. The molecule has 20 heavy (non-hydrogen) atoms. The smallest absolute Gasteiger partial charge is 0.114 e. The second-order valence-corrected chi connectivity index (χ2v) is 13.1. The minimum absolute atomic E-state index is 0.813. The summed E-state index contributed by atoms with van der Waals surface area (Å²) in [5.74, 6) is 0. The number of hydrogen-bond acceptors (Lipinski definition) is 2. The van der Waals surface area contributed by atoms with Crippen molar-refractivity contribution >= 4 is 48.7 Å². The Morgan fingerprint density at radius 3 is 1.45 bits per heavy atom. The van der Waals surface area contributed by atoms with Crippen molar-refractivity contribution in [1.82, 2.24) is 0 Å². The first-order valence-corrected chi connectivity index (χ1v) is 13.2. The van der Waals surface area contributed by atoms with Crippen LogP contribution in [0, 0.1) is 0 Å². The second kappa shape index (κ2) is 11.2. The first-order chi connectivity index (χ1) is 9.33. The maximum Gasteiger partial charge on any atom is 0.114 e. The van der Waals surface area contributed by atoms with Crippen LogP contribution in [0.3, 0.4) is 0 Å². The molecule has 8 heteroatoms. The van der Waals surface area contributed by atoms with E-state index in [2.05, 4.69) is 23.4 Å². The predicted molar refractivity (Wildman–Crippen MR) is 103 cm³/mol. The molecule has 0 saturated carbocycles. The van der Waals surface area contributed by atoms with Crippen molar-refractivity contribution in [2.24, 2.45) is 20.5 Å². The first kappa shape index (κ1) is 20.6. The highest BCUT2D eigenvalue weighted by atomic mass is 32.4. The largest absolute Gasteiger partial charge is 0.286 e. The highest BCUT2D eigenvalue weighted by Gasteiger charge is 2.07. The van der Waals surface area contributed by atoms with Crippen molar-refractivity contribution in [2.45, 2.75) is 52.4 Å². The average Bonchev–Trinajstić information content (AvgIpc) is 2.35. The lowest BCUT2D eigenvalue weighted by Crippen LogP contribution is -1.99. The third-order valence-electron chi connectivity index (χ3n) is 2.76. The summed E-state index contributed by atoms with van der Waals surface area (Å²) in [4.78, 5) is 0. The highest BCUT2D eigenvalue weighted by molar-refractivity contribution is 8.13. The third-order valence-corrected chi connectivity index (χ3v) is 7.38. The zero-order valence-electron chi connectivity index (χ0n) is 12.6. The van der Waals surface area contributed by atoms with Gasteiger partial charge < -0.3 is 0 Å². The summed E-state index contributed by atoms with van der Waals surface area (Å²) in [7, 11) is 0. The molecule has 118 valence electrons. The van der Waals surface area contributed by atoms with Gasteiger partial charge in [-0.2, -0.15) is 0 Å². The van der Waals surface area contributed by atoms with Gasteiger partial charge in [-0.3, -0.25) is 11.0 Å². The molecule has 0 bridgehead atoms. The number of unbranched alkanes of at least 4 members (excludes halogenated alkanes) is 4. The lowest BCUT2D eigenvalue weighted by atomic mass is 10.3. The molecular formula is C12H28N4P2S2. The van der Waals surface area contributed by atoms with Gasteiger partial charge in [-0.05, 0) is 12.8 Å². The van der Waals surface area contributed by atoms with Crippen LogP contribution in [0.1, 0.15) is 52.4 Å². The van der Waals surface area contributed by atoms with Crippen LogP contribution in [-0.2, 0) is 23.6 Å². The average molecular weight is 354 g/mol. The Hall–Kier alpha value is 0.560. The Kier molecular flexibility index (Phi) is 11.5. The van der Waals surface area contributed by atoms with Crippen LogP contribution < -0.4 is 11.0 Å². The van der Waals surface area contributed by atoms with Gasteiger partial charge in [-0.1, -0.05) is 63.1 Å². The van der Waals surface area contributed by atoms with Crippen LogP contribution in [0.15, 0.2) is 9.53 Å². The Labute approximate surface area is 134 Å². The van der Waals surface area contributed by atoms with E-state index in [-0.39, 0.29) is 0 Å². The van der Waals surface area contributed by atoms with Crippen LogP contribution in [0.2, 0.25) is 0 Å². The van der Waals surface area contributed by atoms with Crippen molar-refractivity contribution in [2.75, 3.05) is 12.3 Å². The van der Waals surface area contributed by atoms with E-state index in [1.54, 1.807) is 12.4 Å². The number of rotatable bonds is 11. The highest BCUT2D eigenvalue weighted by Crippen LogP contribution is 2.40. The second-order valence-electron chi connectivity index (χ2n) is 4.90. The van der Waals surface area contributed by atoms with Crippen LogP contribution in [-0.4, -0.2) is 24.8 Å². The molecule has 0 aliphatic heterocycles. The molecule has 2 unspecified atom stereocenters. The molecule has 0 spiro atoms. The molecule has 0 heterocycles. The van der Waals surface area contributed by atoms with E-state index >= 15 is 0 Å². The van der Waals surface area contributed by atoms with Crippen molar-refractivity contribution in [3.05, 3.63) is 0 Å². The van der Waals surface area contributed by atoms with Crippen LogP contribution in [0.25, 0.3) is 0 Å². The molecule has 0 aliphatic rings. The van der Waals surface area contributed by atoms with Gasteiger partial charge in [0.25, 0.3) is 0 Å². The summed E-state index contributed by atoms with van der Waals surface area (Å²) in [6, 6.07) is 0. The van der Waals surface area contributed by atoms with Crippen molar-refractivity contribution in [3.63, 3.8) is 0 Å². The molecule has 2 atom stereocenters. The quantitative estimate of drug-likeness (QED) is 0.333. The predicted octanol–water partition coefficient (Wildman–Crippen LogP) is 4.04. The minimum atomic E-state index is -2.08. The molecule has 0 radical (unpaired) electrons. The zero-order valence-corrected chi connectivity index (χ0v) is 16.0. The van der Waals surface area contributed by atoms with Gasteiger partial charge in [0.2, 0.25) is 0 Å². The van der Waals surface area contributed by atoms with Gasteiger partial charge in [0.1, 0.15) is 12.7 Å². The summed E-state index contributed by atoms with van der Waals surface area (Å²) < 4.78 is 8.55. The molecule has 0 aliphatic carbocycles. The van der Waals surface area contributed by atoms with Crippen molar-refractivity contribution in [3.8, 4) is 0 Å². The first-order valence-electron chi connectivity index (χ1n) is 7.18. The van der Waals surface area contributed by atoms with E-state index in [4.69, 9.17) is 34.6 Å². The molecule has 0 fully saturated rings. The monoisotopic (exact) mass is 354 g/mol. The van der Waals surface area contributed by atoms with E-state index in [0.717, 1.165) is 50.8 Å². The van der Waals surface area contributed by atoms with Gasteiger partial charge >= 0.3 is 0 Å². The van der Waals surface area contributed by atoms with Gasteiger partial charge in [0.05, 0.1) is 0 Å². The number of hydrogen-bond donors (Lipinski definition) is 2. The molecule has 0 aromatic heterocycles. The van der Waals surface area contributed by atoms with Gasteiger partial charge in [0, 0.05) is 24.8 Å². The van der Waals surface area contributed by atoms with E-state index < -0.39 is 12.7 Å². The Morgan fingerprint density at radius 2 is 1.15 bits per heavy atom. The molecule has 0 aromatic rings. The molecule has 4 nitrogen and oxygen atoms in total. The number of nitrogens with two attached hydrogens (primary N) is 2. The molecule has 0 amide bonds. The maximum absolute atomic E-state index is 6.02. The third kappa shape index (κ3) is 12.3. The maximum atomic E-state index is 6.02. The summed E-state index contributed by atoms with van der Waals surface area (Å²) in [6.07, 6.45) is 7.38. The molecule has 4 N–H and O–H groups in total. The zero-order chi connectivity index (χ0) is 15.5. The van der Waals surface area contributed by atoms with Gasteiger partial charge in [-0.15, -0.1) is 0 Å². The fourth-order valence-corrected chi connectivity index (χ4v) is 4.83. The molecule has 0 saturated heterocycles. The molecule has 0 aromatic carbocycles. The molecular weight excluding hydrogens is 326 g/mol. The minimum Gasteiger partial charge on any atom is -0.286 e. The van der Waals surface area contributed by atoms with E-state index in [1.807, 2.05) is 0 Å². The van der Waals surface area contributed by atoms with E-state index in [0.29, 0.717) is 0 Å². The molecule has 0 rings (SSSR count). The fourth-order valence-electron chi connectivity index (χ4n) is 1.58. The van der Waals surface area contributed by atoms with Gasteiger partial charge in [0.15, 0.2) is 0 Å².